The normalized spacial score (nSPS) is 11.5. The van der Waals surface area contributed by atoms with Gasteiger partial charge in [0.05, 0.1) is 6.54 Å². The first kappa shape index (κ1) is 16.3. The van der Waals surface area contributed by atoms with Gasteiger partial charge >= 0.3 is 0 Å². The molecule has 0 bridgehead atoms. The molecule has 2 aromatic rings. The molecule has 0 saturated carbocycles. The van der Waals surface area contributed by atoms with Gasteiger partial charge in [-0.05, 0) is 30.7 Å². The molecular weight excluding hydrogens is 302 g/mol. The maximum Gasteiger partial charge on any atom is 0.246 e. The number of guanidine groups is 1. The Morgan fingerprint density at radius 2 is 2.05 bits per heavy atom. The van der Waals surface area contributed by atoms with Gasteiger partial charge in [-0.3, -0.25) is 4.99 Å². The van der Waals surface area contributed by atoms with Gasteiger partial charge in [0.2, 0.25) is 11.7 Å². The molecule has 2 rings (SSSR count). The van der Waals surface area contributed by atoms with Crippen LogP contribution in [-0.4, -0.2) is 29.7 Å². The van der Waals surface area contributed by atoms with Crippen LogP contribution in [-0.2, 0) is 6.54 Å². The van der Waals surface area contributed by atoms with Crippen LogP contribution >= 0.6 is 11.6 Å². The Labute approximate surface area is 135 Å². The van der Waals surface area contributed by atoms with E-state index in [1.807, 2.05) is 12.1 Å². The van der Waals surface area contributed by atoms with E-state index < -0.39 is 0 Å². The molecule has 0 radical (unpaired) electrons. The van der Waals surface area contributed by atoms with Gasteiger partial charge in [-0.2, -0.15) is 4.98 Å². The molecule has 0 amide bonds. The molecule has 0 unspecified atom stereocenters. The summed E-state index contributed by atoms with van der Waals surface area (Å²) in [5.74, 6) is 1.77. The maximum atomic E-state index is 5.86. The zero-order chi connectivity index (χ0) is 15.8. The van der Waals surface area contributed by atoms with Crippen LogP contribution in [0.2, 0.25) is 5.02 Å². The van der Waals surface area contributed by atoms with Gasteiger partial charge in [-0.25, -0.2) is 0 Å². The lowest BCUT2D eigenvalue weighted by Gasteiger charge is -2.09. The number of benzene rings is 1. The van der Waals surface area contributed by atoms with Crippen molar-refractivity contribution in [2.24, 2.45) is 4.99 Å². The van der Waals surface area contributed by atoms with Gasteiger partial charge < -0.3 is 15.2 Å². The van der Waals surface area contributed by atoms with Gasteiger partial charge in [-0.1, -0.05) is 30.1 Å². The van der Waals surface area contributed by atoms with Gasteiger partial charge in [0.25, 0.3) is 0 Å². The van der Waals surface area contributed by atoms with Crippen LogP contribution in [0.25, 0.3) is 11.4 Å². The Hall–Kier alpha value is -2.08. The van der Waals surface area contributed by atoms with Gasteiger partial charge in [0.15, 0.2) is 5.96 Å². The van der Waals surface area contributed by atoms with E-state index in [2.05, 4.69) is 32.7 Å². The lowest BCUT2D eigenvalue weighted by atomic mass is 10.2. The Kier molecular flexibility index (Phi) is 6.21. The second kappa shape index (κ2) is 8.38. The average molecular weight is 322 g/mol. The third kappa shape index (κ3) is 4.73. The van der Waals surface area contributed by atoms with Crippen molar-refractivity contribution in [2.75, 3.05) is 13.6 Å². The molecule has 22 heavy (non-hydrogen) atoms. The van der Waals surface area contributed by atoms with Crippen molar-refractivity contribution in [3.05, 3.63) is 35.2 Å². The molecule has 2 N–H and O–H groups in total. The van der Waals surface area contributed by atoms with Crippen LogP contribution in [0.5, 0.6) is 0 Å². The van der Waals surface area contributed by atoms with E-state index in [9.17, 15) is 0 Å². The fraction of sp³-hybridized carbons (Fsp3) is 0.400. The summed E-state index contributed by atoms with van der Waals surface area (Å²) in [5, 5.41) is 11.0. The second-order valence-corrected chi connectivity index (χ2v) is 5.16. The van der Waals surface area contributed by atoms with Gasteiger partial charge in [-0.15, -0.1) is 0 Å². The van der Waals surface area contributed by atoms with Crippen molar-refractivity contribution in [3.8, 4) is 11.4 Å². The SMILES string of the molecule is CCCCNC(=NC)NCc1nc(-c2ccc(Cl)cc2)no1. The molecule has 1 aromatic carbocycles. The molecule has 0 aliphatic heterocycles. The minimum atomic E-state index is 0.423. The number of nitrogens with zero attached hydrogens (tertiary/aromatic N) is 3. The second-order valence-electron chi connectivity index (χ2n) is 4.72. The molecule has 0 spiro atoms. The summed E-state index contributed by atoms with van der Waals surface area (Å²) >= 11 is 5.86. The number of aliphatic imine (C=N–C) groups is 1. The summed E-state index contributed by atoms with van der Waals surface area (Å²) in [7, 11) is 1.73. The number of nitrogens with one attached hydrogen (secondary N) is 2. The number of unbranched alkanes of at least 4 members (excludes halogenated alkanes) is 1. The van der Waals surface area contributed by atoms with Crippen molar-refractivity contribution in [1.29, 1.82) is 0 Å². The third-order valence-corrected chi connectivity index (χ3v) is 3.28. The van der Waals surface area contributed by atoms with Crippen LogP contribution in [0.3, 0.4) is 0 Å². The quantitative estimate of drug-likeness (QED) is 0.486. The smallest absolute Gasteiger partial charge is 0.246 e. The van der Waals surface area contributed by atoms with Crippen molar-refractivity contribution in [3.63, 3.8) is 0 Å². The summed E-state index contributed by atoms with van der Waals surface area (Å²) in [5.41, 5.74) is 0.866. The van der Waals surface area contributed by atoms with E-state index in [1.54, 1.807) is 19.2 Å². The molecule has 0 aliphatic rings. The van der Waals surface area contributed by atoms with Gasteiger partial charge in [0, 0.05) is 24.2 Å². The number of aromatic nitrogens is 2. The minimum absolute atomic E-state index is 0.423. The Morgan fingerprint density at radius 1 is 1.27 bits per heavy atom. The van der Waals surface area contributed by atoms with Crippen LogP contribution in [0.1, 0.15) is 25.7 Å². The maximum absolute atomic E-state index is 5.86. The first-order chi connectivity index (χ1) is 10.7. The lowest BCUT2D eigenvalue weighted by Crippen LogP contribution is -2.37. The van der Waals surface area contributed by atoms with E-state index >= 15 is 0 Å². The van der Waals surface area contributed by atoms with Crippen LogP contribution in [0, 0.1) is 0 Å². The fourth-order valence-corrected chi connectivity index (χ4v) is 1.93. The Bertz CT molecular complexity index is 609. The molecule has 7 heteroatoms. The molecule has 1 heterocycles. The molecule has 0 fully saturated rings. The number of hydrogen-bond acceptors (Lipinski definition) is 4. The average Bonchev–Trinajstić information content (AvgIpc) is 3.00. The zero-order valence-corrected chi connectivity index (χ0v) is 13.5. The Morgan fingerprint density at radius 3 is 2.73 bits per heavy atom. The predicted molar refractivity (Wildman–Crippen MR) is 87.9 cm³/mol. The summed E-state index contributed by atoms with van der Waals surface area (Å²) in [6.07, 6.45) is 2.24. The summed E-state index contributed by atoms with van der Waals surface area (Å²) in [6, 6.07) is 7.31. The van der Waals surface area contributed by atoms with Crippen LogP contribution in [0.4, 0.5) is 0 Å². The summed E-state index contributed by atoms with van der Waals surface area (Å²) in [6.45, 7) is 3.46. The fourth-order valence-electron chi connectivity index (χ4n) is 1.81. The van der Waals surface area contributed by atoms with Crippen molar-refractivity contribution in [2.45, 2.75) is 26.3 Å². The Balaban J connectivity index is 1.90. The van der Waals surface area contributed by atoms with E-state index in [0.717, 1.165) is 30.9 Å². The minimum Gasteiger partial charge on any atom is -0.356 e. The number of halogens is 1. The molecule has 0 aliphatic carbocycles. The lowest BCUT2D eigenvalue weighted by molar-refractivity contribution is 0.375. The first-order valence-electron chi connectivity index (χ1n) is 7.26. The predicted octanol–water partition coefficient (Wildman–Crippen LogP) is 2.86. The van der Waals surface area contributed by atoms with E-state index in [-0.39, 0.29) is 0 Å². The van der Waals surface area contributed by atoms with E-state index in [0.29, 0.717) is 23.3 Å². The summed E-state index contributed by atoms with van der Waals surface area (Å²) < 4.78 is 5.23. The number of hydrogen-bond donors (Lipinski definition) is 2. The van der Waals surface area contributed by atoms with Crippen LogP contribution < -0.4 is 10.6 Å². The van der Waals surface area contributed by atoms with E-state index in [4.69, 9.17) is 16.1 Å². The molecule has 0 saturated heterocycles. The first-order valence-corrected chi connectivity index (χ1v) is 7.63. The molecular formula is C15H20ClN5O. The van der Waals surface area contributed by atoms with Crippen molar-refractivity contribution >= 4 is 17.6 Å². The topological polar surface area (TPSA) is 75.3 Å². The molecule has 1 aromatic heterocycles. The van der Waals surface area contributed by atoms with Crippen molar-refractivity contribution in [1.82, 2.24) is 20.8 Å². The molecule has 6 nitrogen and oxygen atoms in total. The molecule has 0 atom stereocenters. The van der Waals surface area contributed by atoms with Crippen LogP contribution in [0.15, 0.2) is 33.8 Å². The highest BCUT2D eigenvalue weighted by Crippen LogP contribution is 2.18. The highest BCUT2D eigenvalue weighted by molar-refractivity contribution is 6.30. The molecule has 118 valence electrons. The standard InChI is InChI=1S/C15H20ClN5O/c1-3-4-9-18-15(17-2)19-10-13-20-14(21-22-13)11-5-7-12(16)8-6-11/h5-8H,3-4,9-10H2,1-2H3,(H2,17,18,19). The highest BCUT2D eigenvalue weighted by atomic mass is 35.5. The van der Waals surface area contributed by atoms with Gasteiger partial charge in [0.1, 0.15) is 0 Å². The van der Waals surface area contributed by atoms with Crippen molar-refractivity contribution < 1.29 is 4.52 Å². The van der Waals surface area contributed by atoms with E-state index in [1.165, 1.54) is 0 Å². The third-order valence-electron chi connectivity index (χ3n) is 3.02. The number of rotatable bonds is 6. The zero-order valence-electron chi connectivity index (χ0n) is 12.8. The highest BCUT2D eigenvalue weighted by Gasteiger charge is 2.09. The summed E-state index contributed by atoms with van der Waals surface area (Å²) in [4.78, 5) is 8.49. The largest absolute Gasteiger partial charge is 0.356 e. The monoisotopic (exact) mass is 321 g/mol.